The average molecular weight is 201 g/mol. The number of piperidine rings is 1. The molecule has 2 rings (SSSR count). The Morgan fingerprint density at radius 2 is 2.13 bits per heavy atom. The van der Waals surface area contributed by atoms with E-state index in [1.807, 2.05) is 24.3 Å². The van der Waals surface area contributed by atoms with E-state index in [4.69, 9.17) is 0 Å². The maximum absolute atomic E-state index is 11.5. The Balaban J connectivity index is 2.29. The number of benzene rings is 1. The normalized spacial score (nSPS) is 19.0. The second kappa shape index (κ2) is 4.30. The summed E-state index contributed by atoms with van der Waals surface area (Å²) in [7, 11) is 0. The van der Waals surface area contributed by atoms with Gasteiger partial charge in [-0.25, -0.2) is 0 Å². The fourth-order valence-corrected chi connectivity index (χ4v) is 1.78. The second-order valence-corrected chi connectivity index (χ2v) is 3.89. The lowest BCUT2D eigenvalue weighted by Crippen LogP contribution is -2.30. The molecule has 1 fully saturated rings. The maximum atomic E-state index is 11.5. The summed E-state index contributed by atoms with van der Waals surface area (Å²) in [5.74, 6) is 0.0875. The highest BCUT2D eigenvalue weighted by Crippen LogP contribution is 2.17. The molecule has 1 aliphatic rings. The van der Waals surface area contributed by atoms with Gasteiger partial charge in [-0.1, -0.05) is 24.3 Å². The van der Waals surface area contributed by atoms with Crippen molar-refractivity contribution < 1.29 is 4.79 Å². The monoisotopic (exact) mass is 201 g/mol. The van der Waals surface area contributed by atoms with Gasteiger partial charge in [-0.3, -0.25) is 4.79 Å². The van der Waals surface area contributed by atoms with E-state index in [-0.39, 0.29) is 5.91 Å². The van der Waals surface area contributed by atoms with Crippen LogP contribution in [0.5, 0.6) is 0 Å². The fourth-order valence-electron chi connectivity index (χ4n) is 1.78. The molecule has 1 aromatic carbocycles. The second-order valence-electron chi connectivity index (χ2n) is 3.89. The Morgan fingerprint density at radius 3 is 2.87 bits per heavy atom. The minimum Gasteiger partial charge on any atom is -0.352 e. The SMILES string of the molecule is Cc1ccccc1/C=C1\CCCNC1=O. The molecule has 1 N–H and O–H groups in total. The van der Waals surface area contributed by atoms with Crippen molar-refractivity contribution in [3.8, 4) is 0 Å². The zero-order valence-corrected chi connectivity index (χ0v) is 8.92. The summed E-state index contributed by atoms with van der Waals surface area (Å²) in [5, 5.41) is 2.86. The van der Waals surface area contributed by atoms with Crippen LogP contribution in [0.1, 0.15) is 24.0 Å². The van der Waals surface area contributed by atoms with Crippen LogP contribution in [0.4, 0.5) is 0 Å². The highest BCUT2D eigenvalue weighted by atomic mass is 16.1. The number of hydrogen-bond donors (Lipinski definition) is 1. The Morgan fingerprint density at radius 1 is 1.33 bits per heavy atom. The van der Waals surface area contributed by atoms with Gasteiger partial charge >= 0.3 is 0 Å². The molecule has 0 atom stereocenters. The molecule has 2 heteroatoms. The van der Waals surface area contributed by atoms with Crippen LogP contribution >= 0.6 is 0 Å². The predicted molar refractivity (Wildman–Crippen MR) is 61.4 cm³/mol. The predicted octanol–water partition coefficient (Wildman–Crippen LogP) is 2.29. The summed E-state index contributed by atoms with van der Waals surface area (Å²) in [6, 6.07) is 8.12. The maximum Gasteiger partial charge on any atom is 0.247 e. The standard InChI is InChI=1S/C13H15NO/c1-10-5-2-3-6-11(10)9-12-7-4-8-14-13(12)15/h2-3,5-6,9H,4,7-8H2,1H3,(H,14,15)/b12-9+. The van der Waals surface area contributed by atoms with Gasteiger partial charge in [0.25, 0.3) is 0 Å². The highest BCUT2D eigenvalue weighted by molar-refractivity contribution is 5.98. The number of carbonyl (C=O) groups is 1. The van der Waals surface area contributed by atoms with Gasteiger partial charge in [0, 0.05) is 12.1 Å². The molecule has 0 saturated carbocycles. The largest absolute Gasteiger partial charge is 0.352 e. The van der Waals surface area contributed by atoms with Gasteiger partial charge in [0.15, 0.2) is 0 Å². The zero-order chi connectivity index (χ0) is 10.7. The van der Waals surface area contributed by atoms with E-state index in [9.17, 15) is 4.79 Å². The number of rotatable bonds is 1. The smallest absolute Gasteiger partial charge is 0.247 e. The van der Waals surface area contributed by atoms with Crippen LogP contribution in [0.3, 0.4) is 0 Å². The molecule has 0 aliphatic carbocycles. The molecular weight excluding hydrogens is 186 g/mol. The Hall–Kier alpha value is -1.57. The summed E-state index contributed by atoms with van der Waals surface area (Å²) in [5.41, 5.74) is 3.25. The lowest BCUT2D eigenvalue weighted by Gasteiger charge is -2.14. The van der Waals surface area contributed by atoms with Gasteiger partial charge in [0.05, 0.1) is 0 Å². The molecule has 0 aromatic heterocycles. The molecular formula is C13H15NO. The van der Waals surface area contributed by atoms with E-state index in [1.54, 1.807) is 0 Å². The molecule has 1 amide bonds. The van der Waals surface area contributed by atoms with Gasteiger partial charge in [0.2, 0.25) is 5.91 Å². The molecule has 78 valence electrons. The summed E-state index contributed by atoms with van der Waals surface area (Å²) in [6.45, 7) is 2.87. The molecule has 1 aromatic rings. The Kier molecular flexibility index (Phi) is 2.86. The molecule has 1 saturated heterocycles. The van der Waals surface area contributed by atoms with Crippen molar-refractivity contribution in [1.82, 2.24) is 5.32 Å². The van der Waals surface area contributed by atoms with E-state index in [2.05, 4.69) is 18.3 Å². The van der Waals surface area contributed by atoms with Crippen molar-refractivity contribution >= 4 is 12.0 Å². The lowest BCUT2D eigenvalue weighted by atomic mass is 10.0. The minimum atomic E-state index is 0.0875. The third kappa shape index (κ3) is 2.27. The van der Waals surface area contributed by atoms with Gasteiger partial charge in [-0.15, -0.1) is 0 Å². The van der Waals surface area contributed by atoms with E-state index in [0.29, 0.717) is 0 Å². The van der Waals surface area contributed by atoms with E-state index in [0.717, 1.165) is 30.5 Å². The third-order valence-corrected chi connectivity index (χ3v) is 2.72. The van der Waals surface area contributed by atoms with Gasteiger partial charge < -0.3 is 5.32 Å². The molecule has 1 aliphatic heterocycles. The highest BCUT2D eigenvalue weighted by Gasteiger charge is 2.13. The van der Waals surface area contributed by atoms with Crippen LogP contribution in [0.2, 0.25) is 0 Å². The van der Waals surface area contributed by atoms with Crippen LogP contribution in [0.15, 0.2) is 29.8 Å². The zero-order valence-electron chi connectivity index (χ0n) is 8.92. The fraction of sp³-hybridized carbons (Fsp3) is 0.308. The van der Waals surface area contributed by atoms with Gasteiger partial charge in [0.1, 0.15) is 0 Å². The van der Waals surface area contributed by atoms with Crippen molar-refractivity contribution in [2.45, 2.75) is 19.8 Å². The number of hydrogen-bond acceptors (Lipinski definition) is 1. The molecule has 0 bridgehead atoms. The van der Waals surface area contributed by atoms with Crippen molar-refractivity contribution in [3.63, 3.8) is 0 Å². The summed E-state index contributed by atoms with van der Waals surface area (Å²) >= 11 is 0. The first kappa shape index (κ1) is 9.97. The first-order valence-electron chi connectivity index (χ1n) is 5.32. The van der Waals surface area contributed by atoms with E-state index in [1.165, 1.54) is 5.56 Å². The van der Waals surface area contributed by atoms with Crippen LogP contribution < -0.4 is 5.32 Å². The number of aryl methyl sites for hydroxylation is 1. The quantitative estimate of drug-likeness (QED) is 0.694. The van der Waals surface area contributed by atoms with Gasteiger partial charge in [-0.05, 0) is 37.0 Å². The first-order valence-corrected chi connectivity index (χ1v) is 5.32. The molecule has 0 spiro atoms. The van der Waals surface area contributed by atoms with Crippen LogP contribution in [0.25, 0.3) is 6.08 Å². The molecule has 1 heterocycles. The summed E-state index contributed by atoms with van der Waals surface area (Å²) in [4.78, 5) is 11.5. The van der Waals surface area contributed by atoms with Crippen molar-refractivity contribution in [3.05, 3.63) is 41.0 Å². The van der Waals surface area contributed by atoms with Crippen molar-refractivity contribution in [1.29, 1.82) is 0 Å². The number of amides is 1. The topological polar surface area (TPSA) is 29.1 Å². The van der Waals surface area contributed by atoms with Crippen molar-refractivity contribution in [2.24, 2.45) is 0 Å². The number of carbonyl (C=O) groups excluding carboxylic acids is 1. The van der Waals surface area contributed by atoms with E-state index < -0.39 is 0 Å². The van der Waals surface area contributed by atoms with Crippen LogP contribution in [-0.4, -0.2) is 12.5 Å². The first-order chi connectivity index (χ1) is 7.27. The average Bonchev–Trinajstić information content (AvgIpc) is 2.24. The Bertz CT molecular complexity index is 407. The summed E-state index contributed by atoms with van der Waals surface area (Å²) < 4.78 is 0. The summed E-state index contributed by atoms with van der Waals surface area (Å²) in [6.07, 6.45) is 3.94. The Labute approximate surface area is 90.0 Å². The third-order valence-electron chi connectivity index (χ3n) is 2.72. The van der Waals surface area contributed by atoms with Crippen LogP contribution in [-0.2, 0) is 4.79 Å². The minimum absolute atomic E-state index is 0.0875. The van der Waals surface area contributed by atoms with E-state index >= 15 is 0 Å². The van der Waals surface area contributed by atoms with Crippen molar-refractivity contribution in [2.75, 3.05) is 6.54 Å². The lowest BCUT2D eigenvalue weighted by molar-refractivity contribution is -0.118. The van der Waals surface area contributed by atoms with Gasteiger partial charge in [-0.2, -0.15) is 0 Å². The molecule has 2 nitrogen and oxygen atoms in total. The van der Waals surface area contributed by atoms with Crippen LogP contribution in [0, 0.1) is 6.92 Å². The molecule has 0 radical (unpaired) electrons. The number of nitrogens with one attached hydrogen (secondary N) is 1. The molecule has 15 heavy (non-hydrogen) atoms. The molecule has 0 unspecified atom stereocenters.